The topological polar surface area (TPSA) is 76.3 Å². The van der Waals surface area contributed by atoms with Crippen molar-refractivity contribution >= 4 is 50.2 Å². The molecular weight excluding hydrogens is 480 g/mol. The Morgan fingerprint density at radius 2 is 1.84 bits per heavy atom. The minimum Gasteiger partial charge on any atom is -0.351 e. The van der Waals surface area contributed by atoms with Gasteiger partial charge in [-0.25, -0.2) is 19.5 Å². The van der Waals surface area contributed by atoms with Gasteiger partial charge in [0.1, 0.15) is 11.8 Å². The van der Waals surface area contributed by atoms with Crippen LogP contribution in [0.4, 0.5) is 5.82 Å². The maximum absolute atomic E-state index is 12.6. The van der Waals surface area contributed by atoms with E-state index >= 15 is 0 Å². The molecule has 9 heteroatoms. The highest BCUT2D eigenvalue weighted by Gasteiger charge is 2.19. The number of carbonyl (C=O) groups is 1. The lowest BCUT2D eigenvalue weighted by molar-refractivity contribution is 0.103. The average molecular weight is 496 g/mol. The summed E-state index contributed by atoms with van der Waals surface area (Å²) in [5.74, 6) is 1.41. The Bertz CT molecular complexity index is 1300. The second kappa shape index (κ2) is 8.20. The zero-order chi connectivity index (χ0) is 21.4. The van der Waals surface area contributed by atoms with Crippen molar-refractivity contribution in [2.45, 2.75) is 6.42 Å². The van der Waals surface area contributed by atoms with E-state index in [1.165, 1.54) is 0 Å². The van der Waals surface area contributed by atoms with Gasteiger partial charge < -0.3 is 4.90 Å². The number of carbonyl (C=O) groups excluding carboxylic acids is 1. The first-order valence-corrected chi connectivity index (χ1v) is 10.8. The Morgan fingerprint density at radius 3 is 2.55 bits per heavy atom. The van der Waals surface area contributed by atoms with Gasteiger partial charge in [-0.2, -0.15) is 5.10 Å². The number of hydrogen-bond donors (Lipinski definition) is 0. The van der Waals surface area contributed by atoms with Crippen molar-refractivity contribution < 1.29 is 4.79 Å². The van der Waals surface area contributed by atoms with Crippen LogP contribution in [0.15, 0.2) is 65.8 Å². The number of anilines is 1. The summed E-state index contributed by atoms with van der Waals surface area (Å²) in [6, 6.07) is 8.80. The van der Waals surface area contributed by atoms with E-state index in [2.05, 4.69) is 47.0 Å². The summed E-state index contributed by atoms with van der Waals surface area (Å²) in [5.41, 5.74) is 3.02. The molecule has 1 aliphatic heterocycles. The Morgan fingerprint density at radius 1 is 1.06 bits per heavy atom. The summed E-state index contributed by atoms with van der Waals surface area (Å²) in [6.45, 7) is 1.48. The molecule has 1 aliphatic rings. The number of benzene rings is 1. The first kappa shape index (κ1) is 19.8. The zero-order valence-electron chi connectivity index (χ0n) is 16.2. The van der Waals surface area contributed by atoms with Gasteiger partial charge in [0.2, 0.25) is 0 Å². The molecular formula is C22H16BrClN6O. The molecule has 0 unspecified atom stereocenters. The molecule has 7 nitrogen and oxygen atoms in total. The maximum atomic E-state index is 12.6. The van der Waals surface area contributed by atoms with E-state index in [1.54, 1.807) is 43.0 Å². The number of aromatic nitrogens is 5. The fourth-order valence-electron chi connectivity index (χ4n) is 3.57. The number of hydrogen-bond acceptors (Lipinski definition) is 6. The molecule has 5 rings (SSSR count). The summed E-state index contributed by atoms with van der Waals surface area (Å²) >= 11 is 9.38. The number of rotatable bonds is 4. The Balaban J connectivity index is 1.33. The molecule has 4 heterocycles. The molecule has 4 aromatic rings. The maximum Gasteiger partial charge on any atom is 0.196 e. The molecule has 0 radical (unpaired) electrons. The van der Waals surface area contributed by atoms with Crippen LogP contribution in [-0.2, 0) is 0 Å². The van der Waals surface area contributed by atoms with Crippen molar-refractivity contribution in [2.24, 2.45) is 0 Å². The SMILES string of the molecule is O=C(c1ccc(Cl)cc1)c1cnc(C2=CCN(c3ncnn4cc(Br)cc34)CC2)nc1. The van der Waals surface area contributed by atoms with Crippen molar-refractivity contribution in [2.75, 3.05) is 18.0 Å². The van der Waals surface area contributed by atoms with Crippen LogP contribution in [0.2, 0.25) is 5.02 Å². The van der Waals surface area contributed by atoms with E-state index in [0.29, 0.717) is 28.5 Å². The summed E-state index contributed by atoms with van der Waals surface area (Å²) in [6.07, 6.45) is 9.52. The van der Waals surface area contributed by atoms with Crippen molar-refractivity contribution in [3.8, 4) is 0 Å². The van der Waals surface area contributed by atoms with Crippen molar-refractivity contribution in [3.05, 3.63) is 87.8 Å². The van der Waals surface area contributed by atoms with Gasteiger partial charge in [-0.1, -0.05) is 17.7 Å². The second-order valence-corrected chi connectivity index (χ2v) is 8.48. The van der Waals surface area contributed by atoms with Crippen LogP contribution in [0.3, 0.4) is 0 Å². The van der Waals surface area contributed by atoms with Gasteiger partial charge >= 0.3 is 0 Å². The molecule has 154 valence electrons. The molecule has 3 aromatic heterocycles. The standard InChI is InChI=1S/C22H16BrClN6O/c23-17-9-19-22(27-13-28-30(19)12-17)29-7-5-15(6-8-29)21-25-10-16(11-26-21)20(31)14-1-3-18(24)4-2-14/h1-5,9-13H,6-8H2. The zero-order valence-corrected chi connectivity index (χ0v) is 18.6. The van der Waals surface area contributed by atoms with Crippen LogP contribution < -0.4 is 4.90 Å². The predicted molar refractivity (Wildman–Crippen MR) is 122 cm³/mol. The Kier molecular flexibility index (Phi) is 5.25. The molecule has 1 aromatic carbocycles. The van der Waals surface area contributed by atoms with Crippen molar-refractivity contribution in [3.63, 3.8) is 0 Å². The molecule has 0 fully saturated rings. The third-order valence-corrected chi connectivity index (χ3v) is 5.85. The molecule has 0 saturated heterocycles. The second-order valence-electron chi connectivity index (χ2n) is 7.13. The molecule has 0 bridgehead atoms. The lowest BCUT2D eigenvalue weighted by atomic mass is 10.1. The first-order chi connectivity index (χ1) is 15.1. The fraction of sp³-hybridized carbons (Fsp3) is 0.136. The summed E-state index contributed by atoms with van der Waals surface area (Å²) in [5, 5.41) is 4.84. The Hall–Kier alpha value is -3.10. The summed E-state index contributed by atoms with van der Waals surface area (Å²) in [7, 11) is 0. The van der Waals surface area contributed by atoms with Crippen molar-refractivity contribution in [1.29, 1.82) is 0 Å². The molecule has 0 N–H and O–H groups in total. The van der Waals surface area contributed by atoms with Crippen LogP contribution in [-0.4, -0.2) is 43.4 Å². The van der Waals surface area contributed by atoms with Crippen LogP contribution in [0, 0.1) is 0 Å². The molecule has 31 heavy (non-hydrogen) atoms. The predicted octanol–water partition coefficient (Wildman–Crippen LogP) is 4.46. The number of fused-ring (bicyclic) bond motifs is 1. The third-order valence-electron chi connectivity index (χ3n) is 5.17. The van der Waals surface area contributed by atoms with Gasteiger partial charge in [0.05, 0.1) is 5.56 Å². The molecule has 0 atom stereocenters. The van der Waals surface area contributed by atoms with Gasteiger partial charge in [-0.3, -0.25) is 4.79 Å². The smallest absolute Gasteiger partial charge is 0.196 e. The van der Waals surface area contributed by atoms with E-state index in [-0.39, 0.29) is 5.78 Å². The van der Waals surface area contributed by atoms with Gasteiger partial charge in [0, 0.05) is 46.7 Å². The highest BCUT2D eigenvalue weighted by Crippen LogP contribution is 2.27. The number of halogens is 2. The molecule has 0 amide bonds. The summed E-state index contributed by atoms with van der Waals surface area (Å²) in [4.78, 5) is 28.1. The van der Waals surface area contributed by atoms with Crippen molar-refractivity contribution in [1.82, 2.24) is 24.6 Å². The van der Waals surface area contributed by atoms with Gasteiger partial charge in [-0.15, -0.1) is 0 Å². The van der Waals surface area contributed by atoms with E-state index in [4.69, 9.17) is 11.6 Å². The van der Waals surface area contributed by atoms with Crippen LogP contribution >= 0.6 is 27.5 Å². The normalized spacial score (nSPS) is 14.0. The monoisotopic (exact) mass is 494 g/mol. The van der Waals surface area contributed by atoms with E-state index in [0.717, 1.165) is 34.3 Å². The van der Waals surface area contributed by atoms with Crippen LogP contribution in [0.1, 0.15) is 28.2 Å². The van der Waals surface area contributed by atoms with E-state index in [1.807, 2.05) is 16.8 Å². The van der Waals surface area contributed by atoms with Gasteiger partial charge in [0.15, 0.2) is 17.4 Å². The number of ketones is 1. The van der Waals surface area contributed by atoms with Crippen LogP contribution in [0.5, 0.6) is 0 Å². The highest BCUT2D eigenvalue weighted by atomic mass is 79.9. The van der Waals surface area contributed by atoms with E-state index < -0.39 is 0 Å². The number of nitrogens with zero attached hydrogens (tertiary/aromatic N) is 6. The lowest BCUT2D eigenvalue weighted by Gasteiger charge is -2.27. The van der Waals surface area contributed by atoms with Crippen LogP contribution in [0.25, 0.3) is 11.1 Å². The highest BCUT2D eigenvalue weighted by molar-refractivity contribution is 9.10. The minimum atomic E-state index is -0.127. The summed E-state index contributed by atoms with van der Waals surface area (Å²) < 4.78 is 2.77. The quantitative estimate of drug-likeness (QED) is 0.389. The Labute approximate surface area is 191 Å². The first-order valence-electron chi connectivity index (χ1n) is 9.64. The average Bonchev–Trinajstić information content (AvgIpc) is 3.20. The fourth-order valence-corrected chi connectivity index (χ4v) is 4.11. The molecule has 0 spiro atoms. The third kappa shape index (κ3) is 3.96. The molecule has 0 saturated carbocycles. The molecule has 0 aliphatic carbocycles. The van der Waals surface area contributed by atoms with Gasteiger partial charge in [0.25, 0.3) is 0 Å². The largest absolute Gasteiger partial charge is 0.351 e. The minimum absolute atomic E-state index is 0.127. The lowest BCUT2D eigenvalue weighted by Crippen LogP contribution is -2.29. The van der Waals surface area contributed by atoms with E-state index in [9.17, 15) is 4.79 Å². The van der Waals surface area contributed by atoms with Gasteiger partial charge in [-0.05, 0) is 58.3 Å².